The fourth-order valence-corrected chi connectivity index (χ4v) is 2.01. The first-order valence-electron chi connectivity index (χ1n) is 6.03. The molecule has 5 heteroatoms. The van der Waals surface area contributed by atoms with Crippen molar-refractivity contribution in [2.45, 2.75) is 0 Å². The highest BCUT2D eigenvalue weighted by atomic mass is 16.5. The first kappa shape index (κ1) is 12.1. The van der Waals surface area contributed by atoms with E-state index in [-0.39, 0.29) is 0 Å². The summed E-state index contributed by atoms with van der Waals surface area (Å²) in [7, 11) is 0. The summed E-state index contributed by atoms with van der Waals surface area (Å²) in [5.74, 6) is -0.0764. The van der Waals surface area contributed by atoms with Gasteiger partial charge in [0.2, 0.25) is 0 Å². The molecule has 98 valence electrons. The third-order valence-corrected chi connectivity index (χ3v) is 2.89. The van der Waals surface area contributed by atoms with Crippen LogP contribution in [0.15, 0.2) is 55.1 Å². The molecule has 0 spiro atoms. The van der Waals surface area contributed by atoms with E-state index in [1.807, 2.05) is 30.3 Å². The van der Waals surface area contributed by atoms with Crippen LogP contribution in [0.4, 0.5) is 0 Å². The van der Waals surface area contributed by atoms with Gasteiger partial charge in [0, 0.05) is 6.08 Å². The molecule has 0 saturated carbocycles. The van der Waals surface area contributed by atoms with Crippen molar-refractivity contribution in [3.8, 4) is 16.9 Å². The Labute approximate surface area is 114 Å². The average molecular weight is 265 g/mol. The molecule has 0 fully saturated rings. The zero-order chi connectivity index (χ0) is 13.9. The van der Waals surface area contributed by atoms with Crippen molar-refractivity contribution in [1.82, 2.24) is 15.4 Å². The van der Waals surface area contributed by atoms with E-state index >= 15 is 0 Å². The van der Waals surface area contributed by atoms with Crippen LogP contribution < -0.4 is 4.74 Å². The van der Waals surface area contributed by atoms with Gasteiger partial charge in [0.15, 0.2) is 0 Å². The largest absolute Gasteiger partial charge is 0.423 e. The van der Waals surface area contributed by atoms with Crippen molar-refractivity contribution in [3.63, 3.8) is 0 Å². The minimum Gasteiger partial charge on any atom is -0.423 e. The number of hydrogen-bond acceptors (Lipinski definition) is 4. The molecule has 1 N–H and O–H groups in total. The molecule has 0 radical (unpaired) electrons. The molecule has 3 aromatic rings. The van der Waals surface area contributed by atoms with E-state index in [4.69, 9.17) is 4.74 Å². The zero-order valence-electron chi connectivity index (χ0n) is 10.5. The lowest BCUT2D eigenvalue weighted by Crippen LogP contribution is -2.04. The van der Waals surface area contributed by atoms with Crippen LogP contribution in [0, 0.1) is 0 Å². The number of ether oxygens (including phenoxy) is 1. The lowest BCUT2D eigenvalue weighted by Gasteiger charge is -2.09. The first-order chi connectivity index (χ1) is 9.79. The number of carbonyl (C=O) groups excluding carboxylic acids is 1. The van der Waals surface area contributed by atoms with Crippen molar-refractivity contribution >= 4 is 17.0 Å². The number of carbonyl (C=O) groups is 1. The van der Waals surface area contributed by atoms with Crippen molar-refractivity contribution < 1.29 is 9.53 Å². The molecule has 1 heterocycles. The van der Waals surface area contributed by atoms with Crippen LogP contribution in [-0.4, -0.2) is 21.4 Å². The molecule has 0 aliphatic heterocycles. The monoisotopic (exact) mass is 265 g/mol. The Hall–Kier alpha value is -2.95. The summed E-state index contributed by atoms with van der Waals surface area (Å²) >= 11 is 0. The van der Waals surface area contributed by atoms with Gasteiger partial charge in [-0.2, -0.15) is 15.4 Å². The average Bonchev–Trinajstić information content (AvgIpc) is 2.96. The van der Waals surface area contributed by atoms with Gasteiger partial charge in [-0.1, -0.05) is 36.9 Å². The van der Waals surface area contributed by atoms with Crippen LogP contribution in [0.25, 0.3) is 22.2 Å². The Morgan fingerprint density at radius 3 is 2.70 bits per heavy atom. The minimum absolute atomic E-state index is 0.433. The third kappa shape index (κ3) is 2.05. The Morgan fingerprint density at radius 2 is 1.95 bits per heavy atom. The second-order valence-electron chi connectivity index (χ2n) is 4.12. The van der Waals surface area contributed by atoms with Gasteiger partial charge >= 0.3 is 5.97 Å². The highest BCUT2D eigenvalue weighted by Crippen LogP contribution is 2.35. The summed E-state index contributed by atoms with van der Waals surface area (Å²) in [5.41, 5.74) is 3.00. The second-order valence-corrected chi connectivity index (χ2v) is 4.12. The van der Waals surface area contributed by atoms with E-state index in [2.05, 4.69) is 22.0 Å². The standard InChI is InChI=1S/C15H11N3O2/c1-2-13(19)20-12-9-8-11-15(17-18-16-11)14(12)10-6-4-3-5-7-10/h2-9H,1H2,(H,16,17,18). The molecule has 0 saturated heterocycles. The Balaban J connectivity index is 2.24. The van der Waals surface area contributed by atoms with Crippen molar-refractivity contribution in [1.29, 1.82) is 0 Å². The topological polar surface area (TPSA) is 67.9 Å². The van der Waals surface area contributed by atoms with E-state index in [0.717, 1.165) is 17.2 Å². The van der Waals surface area contributed by atoms with Gasteiger partial charge in [0.25, 0.3) is 0 Å². The number of nitrogens with zero attached hydrogens (tertiary/aromatic N) is 2. The number of aromatic amines is 1. The molecule has 0 bridgehead atoms. The lowest BCUT2D eigenvalue weighted by molar-refractivity contribution is -0.128. The SMILES string of the molecule is C=CC(=O)Oc1ccc2n[nH]nc2c1-c1ccccc1. The normalized spacial score (nSPS) is 10.4. The molecule has 0 amide bonds. The summed E-state index contributed by atoms with van der Waals surface area (Å²) in [6.07, 6.45) is 1.13. The van der Waals surface area contributed by atoms with Crippen LogP contribution in [-0.2, 0) is 4.79 Å². The highest BCUT2D eigenvalue weighted by molar-refractivity contribution is 5.96. The van der Waals surface area contributed by atoms with Crippen molar-refractivity contribution in [3.05, 3.63) is 55.1 Å². The molecule has 3 rings (SSSR count). The van der Waals surface area contributed by atoms with Gasteiger partial charge in [0.05, 0.1) is 5.56 Å². The molecular formula is C15H11N3O2. The van der Waals surface area contributed by atoms with Crippen molar-refractivity contribution in [2.24, 2.45) is 0 Å². The number of H-pyrrole nitrogens is 1. The van der Waals surface area contributed by atoms with E-state index in [1.54, 1.807) is 12.1 Å². The number of hydrogen-bond donors (Lipinski definition) is 1. The van der Waals surface area contributed by atoms with Gasteiger partial charge in [-0.25, -0.2) is 4.79 Å². The number of benzene rings is 2. The molecule has 2 aromatic carbocycles. The Morgan fingerprint density at radius 1 is 1.15 bits per heavy atom. The number of esters is 1. The van der Waals surface area contributed by atoms with E-state index in [9.17, 15) is 4.79 Å². The number of fused-ring (bicyclic) bond motifs is 1. The lowest BCUT2D eigenvalue weighted by atomic mass is 10.0. The highest BCUT2D eigenvalue weighted by Gasteiger charge is 2.15. The summed E-state index contributed by atoms with van der Waals surface area (Å²) in [6, 6.07) is 13.0. The molecule has 0 aliphatic rings. The summed E-state index contributed by atoms with van der Waals surface area (Å²) < 4.78 is 5.29. The van der Waals surface area contributed by atoms with Crippen LogP contribution in [0.2, 0.25) is 0 Å². The third-order valence-electron chi connectivity index (χ3n) is 2.89. The van der Waals surface area contributed by atoms with Crippen LogP contribution in [0.5, 0.6) is 5.75 Å². The van der Waals surface area contributed by atoms with Gasteiger partial charge in [-0.3, -0.25) is 0 Å². The smallest absolute Gasteiger partial charge is 0.335 e. The molecule has 0 atom stereocenters. The molecule has 0 aliphatic carbocycles. The Bertz CT molecular complexity index is 778. The fraction of sp³-hybridized carbons (Fsp3) is 0. The van der Waals surface area contributed by atoms with Crippen LogP contribution in [0.3, 0.4) is 0 Å². The molecule has 0 unspecified atom stereocenters. The summed E-state index contributed by atoms with van der Waals surface area (Å²) in [4.78, 5) is 11.5. The maximum atomic E-state index is 11.5. The summed E-state index contributed by atoms with van der Waals surface area (Å²) in [5, 5.41) is 10.8. The number of aromatic nitrogens is 3. The van der Waals surface area contributed by atoms with E-state index in [1.165, 1.54) is 0 Å². The summed E-state index contributed by atoms with van der Waals surface area (Å²) in [6.45, 7) is 3.40. The molecular weight excluding hydrogens is 254 g/mol. The number of rotatable bonds is 3. The second kappa shape index (κ2) is 4.97. The van der Waals surface area contributed by atoms with E-state index in [0.29, 0.717) is 16.8 Å². The molecule has 5 nitrogen and oxygen atoms in total. The van der Waals surface area contributed by atoms with Gasteiger partial charge in [0.1, 0.15) is 16.8 Å². The Kier molecular flexibility index (Phi) is 3.01. The maximum Gasteiger partial charge on any atom is 0.335 e. The fourth-order valence-electron chi connectivity index (χ4n) is 2.01. The van der Waals surface area contributed by atoms with Gasteiger partial charge in [-0.05, 0) is 17.7 Å². The predicted octanol–water partition coefficient (Wildman–Crippen LogP) is 2.72. The molecule has 1 aromatic heterocycles. The van der Waals surface area contributed by atoms with Crippen LogP contribution >= 0.6 is 0 Å². The quantitative estimate of drug-likeness (QED) is 0.449. The first-order valence-corrected chi connectivity index (χ1v) is 6.03. The van der Waals surface area contributed by atoms with Gasteiger partial charge < -0.3 is 4.74 Å². The maximum absolute atomic E-state index is 11.5. The van der Waals surface area contributed by atoms with Crippen LogP contribution in [0.1, 0.15) is 0 Å². The minimum atomic E-state index is -0.509. The van der Waals surface area contributed by atoms with Gasteiger partial charge in [-0.15, -0.1) is 0 Å². The predicted molar refractivity (Wildman–Crippen MR) is 75.2 cm³/mol. The van der Waals surface area contributed by atoms with E-state index < -0.39 is 5.97 Å². The number of nitrogens with one attached hydrogen (secondary N) is 1. The molecule has 20 heavy (non-hydrogen) atoms. The van der Waals surface area contributed by atoms with Crippen molar-refractivity contribution in [2.75, 3.05) is 0 Å². The zero-order valence-corrected chi connectivity index (χ0v) is 10.5.